The van der Waals surface area contributed by atoms with Crippen molar-refractivity contribution in [3.8, 4) is 5.82 Å². The first-order chi connectivity index (χ1) is 10.9. The third kappa shape index (κ3) is 3.65. The van der Waals surface area contributed by atoms with E-state index < -0.39 is 27.7 Å². The van der Waals surface area contributed by atoms with Crippen LogP contribution in [0.2, 0.25) is 0 Å². The summed E-state index contributed by atoms with van der Waals surface area (Å²) in [6, 6.07) is 2.44. The molecule has 0 amide bonds. The van der Waals surface area contributed by atoms with E-state index in [0.717, 1.165) is 23.2 Å². The van der Waals surface area contributed by atoms with Gasteiger partial charge in [0, 0.05) is 12.5 Å². The first-order valence-electron chi connectivity index (χ1n) is 6.66. The summed E-state index contributed by atoms with van der Waals surface area (Å²) in [5.74, 6) is 0.0181. The summed E-state index contributed by atoms with van der Waals surface area (Å²) in [5, 5.41) is 3.51. The van der Waals surface area contributed by atoms with E-state index in [-0.39, 0.29) is 16.4 Å². The van der Waals surface area contributed by atoms with Crippen LogP contribution in [-0.4, -0.2) is 29.4 Å². The normalized spacial score (nSPS) is 13.8. The van der Waals surface area contributed by atoms with Gasteiger partial charge in [0.15, 0.2) is 21.3 Å². The molecule has 0 aliphatic carbocycles. The molecule has 0 aromatic carbocycles. The molecule has 0 spiro atoms. The van der Waals surface area contributed by atoms with Crippen molar-refractivity contribution in [2.75, 3.05) is 6.26 Å². The van der Waals surface area contributed by atoms with E-state index in [1.807, 2.05) is 0 Å². The number of sulfone groups is 1. The van der Waals surface area contributed by atoms with Gasteiger partial charge in [-0.1, -0.05) is 12.2 Å². The minimum Gasteiger partial charge on any atom is -0.319 e. The highest BCUT2D eigenvalue weighted by molar-refractivity contribution is 7.90. The van der Waals surface area contributed by atoms with Gasteiger partial charge in [-0.3, -0.25) is 0 Å². The Kier molecular flexibility index (Phi) is 4.55. The maximum Gasteiger partial charge on any atom is 0.435 e. The lowest BCUT2D eigenvalue weighted by Crippen LogP contribution is -2.17. The summed E-state index contributed by atoms with van der Waals surface area (Å²) in [5.41, 5.74) is 5.25. The van der Waals surface area contributed by atoms with Crippen LogP contribution in [0.1, 0.15) is 24.4 Å². The Balaban J connectivity index is 2.60. The quantitative estimate of drug-likeness (QED) is 0.845. The molecule has 2 rings (SSSR count). The Hall–Kier alpha value is -2.20. The van der Waals surface area contributed by atoms with Crippen molar-refractivity contribution < 1.29 is 21.6 Å². The maximum atomic E-state index is 12.9. The van der Waals surface area contributed by atoms with Crippen LogP contribution >= 0.6 is 0 Å². The van der Waals surface area contributed by atoms with Gasteiger partial charge in [0.05, 0.1) is 16.6 Å². The molecule has 0 bridgehead atoms. The Morgan fingerprint density at radius 3 is 2.42 bits per heavy atom. The van der Waals surface area contributed by atoms with Crippen molar-refractivity contribution in [3.63, 3.8) is 0 Å². The third-order valence-corrected chi connectivity index (χ3v) is 4.34. The highest BCUT2D eigenvalue weighted by atomic mass is 32.2. The number of nitrogens with two attached hydrogens (primary N) is 1. The van der Waals surface area contributed by atoms with E-state index in [2.05, 4.69) is 16.7 Å². The van der Waals surface area contributed by atoms with Gasteiger partial charge in [0.1, 0.15) is 0 Å². The first kappa shape index (κ1) is 18.1. The second-order valence-electron chi connectivity index (χ2n) is 5.31. The molecule has 24 heavy (non-hydrogen) atoms. The lowest BCUT2D eigenvalue weighted by atomic mass is 10.1. The van der Waals surface area contributed by atoms with Crippen LogP contribution in [0.4, 0.5) is 13.2 Å². The molecule has 0 saturated carbocycles. The monoisotopic (exact) mass is 360 g/mol. The summed E-state index contributed by atoms with van der Waals surface area (Å²) < 4.78 is 62.6. The zero-order chi connectivity index (χ0) is 18.3. The standard InChI is InChI=1S/C14H15F3N4O2S/c1-8(2)13(18)10-6-11(14(15,16)17)20-21(10)12-5-4-9(7-19-12)24(3,22)23/h4-7,13H,1,18H2,2-3H3. The summed E-state index contributed by atoms with van der Waals surface area (Å²) >= 11 is 0. The smallest absolute Gasteiger partial charge is 0.319 e. The zero-order valence-electron chi connectivity index (χ0n) is 12.9. The molecule has 0 radical (unpaired) electrons. The molecular formula is C14H15F3N4O2S. The summed E-state index contributed by atoms with van der Waals surface area (Å²) in [6.45, 7) is 5.22. The summed E-state index contributed by atoms with van der Waals surface area (Å²) in [4.78, 5) is 3.83. The average molecular weight is 360 g/mol. The van der Waals surface area contributed by atoms with Gasteiger partial charge < -0.3 is 5.73 Å². The second kappa shape index (κ2) is 6.02. The van der Waals surface area contributed by atoms with E-state index in [0.29, 0.717) is 5.57 Å². The number of hydrogen-bond acceptors (Lipinski definition) is 5. The molecule has 2 aromatic heterocycles. The molecule has 0 fully saturated rings. The van der Waals surface area contributed by atoms with Gasteiger partial charge in [-0.05, 0) is 25.1 Å². The topological polar surface area (TPSA) is 90.9 Å². The Morgan fingerprint density at radius 2 is 2.00 bits per heavy atom. The fraction of sp³-hybridized carbons (Fsp3) is 0.286. The van der Waals surface area contributed by atoms with E-state index in [1.54, 1.807) is 6.92 Å². The molecule has 1 unspecified atom stereocenters. The number of pyridine rings is 1. The van der Waals surface area contributed by atoms with Gasteiger partial charge in [0.2, 0.25) is 0 Å². The van der Waals surface area contributed by atoms with Crippen LogP contribution in [0.3, 0.4) is 0 Å². The van der Waals surface area contributed by atoms with Gasteiger partial charge in [-0.25, -0.2) is 18.1 Å². The number of aromatic nitrogens is 3. The molecule has 2 N–H and O–H groups in total. The third-order valence-electron chi connectivity index (χ3n) is 3.24. The first-order valence-corrected chi connectivity index (χ1v) is 8.55. The van der Waals surface area contributed by atoms with Gasteiger partial charge in [-0.2, -0.15) is 18.3 Å². The van der Waals surface area contributed by atoms with Gasteiger partial charge in [-0.15, -0.1) is 0 Å². The number of nitrogens with zero attached hydrogens (tertiary/aromatic N) is 3. The van der Waals surface area contributed by atoms with Crippen LogP contribution in [0.25, 0.3) is 5.82 Å². The zero-order valence-corrected chi connectivity index (χ0v) is 13.7. The molecule has 10 heteroatoms. The highest BCUT2D eigenvalue weighted by Crippen LogP contribution is 2.31. The van der Waals surface area contributed by atoms with Crippen molar-refractivity contribution in [1.29, 1.82) is 0 Å². The fourth-order valence-corrected chi connectivity index (χ4v) is 2.47. The number of rotatable bonds is 4. The van der Waals surface area contributed by atoms with E-state index in [9.17, 15) is 21.6 Å². The van der Waals surface area contributed by atoms with Crippen LogP contribution in [0.15, 0.2) is 41.4 Å². The molecule has 2 aromatic rings. The maximum absolute atomic E-state index is 12.9. The fourth-order valence-electron chi connectivity index (χ4n) is 1.91. The Morgan fingerprint density at radius 1 is 1.38 bits per heavy atom. The van der Waals surface area contributed by atoms with Crippen molar-refractivity contribution in [3.05, 3.63) is 47.9 Å². The Bertz CT molecular complexity index is 870. The number of alkyl halides is 3. The number of halogens is 3. The second-order valence-corrected chi connectivity index (χ2v) is 7.33. The average Bonchev–Trinajstić information content (AvgIpc) is 2.90. The number of hydrogen-bond donors (Lipinski definition) is 1. The molecule has 0 aliphatic heterocycles. The van der Waals surface area contributed by atoms with Crippen LogP contribution in [0.5, 0.6) is 0 Å². The largest absolute Gasteiger partial charge is 0.435 e. The highest BCUT2D eigenvalue weighted by Gasteiger charge is 2.36. The molecule has 130 valence electrons. The minimum atomic E-state index is -4.65. The van der Waals surface area contributed by atoms with E-state index in [4.69, 9.17) is 5.73 Å². The molecule has 1 atom stereocenters. The summed E-state index contributed by atoms with van der Waals surface area (Å²) in [6.07, 6.45) is -2.60. The van der Waals surface area contributed by atoms with Crippen molar-refractivity contribution in [2.45, 2.75) is 24.0 Å². The van der Waals surface area contributed by atoms with Crippen molar-refractivity contribution in [2.24, 2.45) is 5.73 Å². The van der Waals surface area contributed by atoms with Crippen molar-refractivity contribution in [1.82, 2.24) is 14.8 Å². The molecule has 2 heterocycles. The molecule has 6 nitrogen and oxygen atoms in total. The van der Waals surface area contributed by atoms with Crippen LogP contribution < -0.4 is 5.73 Å². The van der Waals surface area contributed by atoms with Gasteiger partial charge >= 0.3 is 6.18 Å². The van der Waals surface area contributed by atoms with E-state index in [1.165, 1.54) is 12.1 Å². The lowest BCUT2D eigenvalue weighted by molar-refractivity contribution is -0.141. The Labute approximate surface area is 136 Å². The van der Waals surface area contributed by atoms with Crippen molar-refractivity contribution >= 4 is 9.84 Å². The predicted octanol–water partition coefficient (Wildman–Crippen LogP) is 2.27. The van der Waals surface area contributed by atoms with Crippen LogP contribution in [-0.2, 0) is 16.0 Å². The molecular weight excluding hydrogens is 345 g/mol. The predicted molar refractivity (Wildman–Crippen MR) is 81.2 cm³/mol. The molecule has 0 aliphatic rings. The molecule has 0 saturated heterocycles. The lowest BCUT2D eigenvalue weighted by Gasteiger charge is -2.13. The van der Waals surface area contributed by atoms with Crippen LogP contribution in [0, 0.1) is 0 Å². The SMILES string of the molecule is C=C(C)C(N)c1cc(C(F)(F)F)nn1-c1ccc(S(C)(=O)=O)cn1. The summed E-state index contributed by atoms with van der Waals surface area (Å²) in [7, 11) is -3.47. The van der Waals surface area contributed by atoms with Gasteiger partial charge in [0.25, 0.3) is 0 Å². The van der Waals surface area contributed by atoms with E-state index >= 15 is 0 Å². The minimum absolute atomic E-state index is 0.0181.